The Morgan fingerprint density at radius 3 is 2.16 bits per heavy atom. The van der Waals surface area contributed by atoms with Crippen LogP contribution in [0.25, 0.3) is 0 Å². The Hall–Kier alpha value is -1.39. The molecule has 1 rings (SSSR count). The molecular formula is C14H23NO4. The molecule has 0 aliphatic carbocycles. The zero-order valence-corrected chi connectivity index (χ0v) is 11.8. The summed E-state index contributed by atoms with van der Waals surface area (Å²) < 4.78 is 0. The van der Waals surface area contributed by atoms with Crippen LogP contribution < -0.4 is 0 Å². The number of hydrogen-bond acceptors (Lipinski definition) is 3. The molecule has 1 N–H and O–H groups in total. The number of likely N-dealkylation sites (tertiary alicyclic amines) is 1. The van der Waals surface area contributed by atoms with E-state index >= 15 is 0 Å². The standard InChI is InChI=1S/C14H23NO4/c1-14(2)9-11(16)15(12(17)10-14)8-6-4-3-5-7-13(18)19/h3-10H2,1-2H3,(H,18,19). The molecule has 0 aromatic heterocycles. The first-order valence-corrected chi connectivity index (χ1v) is 6.87. The zero-order chi connectivity index (χ0) is 14.5. The van der Waals surface area contributed by atoms with Gasteiger partial charge in [-0.2, -0.15) is 0 Å². The highest BCUT2D eigenvalue weighted by molar-refractivity contribution is 5.98. The van der Waals surface area contributed by atoms with Gasteiger partial charge in [-0.1, -0.05) is 26.7 Å². The maximum absolute atomic E-state index is 11.9. The van der Waals surface area contributed by atoms with E-state index in [0.29, 0.717) is 25.8 Å². The van der Waals surface area contributed by atoms with Crippen LogP contribution in [0.2, 0.25) is 0 Å². The molecule has 2 amide bonds. The van der Waals surface area contributed by atoms with E-state index in [9.17, 15) is 14.4 Å². The predicted octanol–water partition coefficient (Wildman–Crippen LogP) is 2.20. The fraction of sp³-hybridized carbons (Fsp3) is 0.786. The summed E-state index contributed by atoms with van der Waals surface area (Å²) in [6.07, 6.45) is 4.15. The number of imide groups is 1. The van der Waals surface area contributed by atoms with E-state index in [1.807, 2.05) is 13.8 Å². The highest BCUT2D eigenvalue weighted by Crippen LogP contribution is 2.31. The molecule has 0 radical (unpaired) electrons. The molecular weight excluding hydrogens is 246 g/mol. The normalized spacial score (nSPS) is 18.7. The SMILES string of the molecule is CC1(C)CC(=O)N(CCCCCCC(=O)O)C(=O)C1. The number of unbranched alkanes of at least 4 members (excludes halogenated alkanes) is 3. The fourth-order valence-electron chi connectivity index (χ4n) is 2.36. The van der Waals surface area contributed by atoms with Crippen LogP contribution in [0.15, 0.2) is 0 Å². The van der Waals surface area contributed by atoms with Crippen molar-refractivity contribution < 1.29 is 19.5 Å². The van der Waals surface area contributed by atoms with Gasteiger partial charge in [0.2, 0.25) is 11.8 Å². The van der Waals surface area contributed by atoms with Gasteiger partial charge in [-0.15, -0.1) is 0 Å². The topological polar surface area (TPSA) is 74.7 Å². The van der Waals surface area contributed by atoms with Crippen molar-refractivity contribution in [3.8, 4) is 0 Å². The predicted molar refractivity (Wildman–Crippen MR) is 70.5 cm³/mol. The van der Waals surface area contributed by atoms with Gasteiger partial charge in [0.15, 0.2) is 0 Å². The van der Waals surface area contributed by atoms with Crippen LogP contribution in [0.4, 0.5) is 0 Å². The second-order valence-electron chi connectivity index (χ2n) is 6.01. The summed E-state index contributed by atoms with van der Waals surface area (Å²) >= 11 is 0. The minimum absolute atomic E-state index is 0.0771. The van der Waals surface area contributed by atoms with E-state index in [0.717, 1.165) is 19.3 Å². The van der Waals surface area contributed by atoms with E-state index < -0.39 is 5.97 Å². The molecule has 0 spiro atoms. The van der Waals surface area contributed by atoms with Crippen molar-refractivity contribution in [2.45, 2.75) is 58.8 Å². The van der Waals surface area contributed by atoms with Gasteiger partial charge in [0.25, 0.3) is 0 Å². The van der Waals surface area contributed by atoms with Gasteiger partial charge < -0.3 is 5.11 Å². The second-order valence-corrected chi connectivity index (χ2v) is 6.01. The quantitative estimate of drug-likeness (QED) is 0.568. The summed E-state index contributed by atoms with van der Waals surface area (Å²) in [6, 6.07) is 0. The molecule has 0 aromatic carbocycles. The number of nitrogens with zero attached hydrogens (tertiary/aromatic N) is 1. The molecule has 1 fully saturated rings. The lowest BCUT2D eigenvalue weighted by atomic mass is 9.81. The smallest absolute Gasteiger partial charge is 0.303 e. The van der Waals surface area contributed by atoms with Gasteiger partial charge in [-0.25, -0.2) is 0 Å². The lowest BCUT2D eigenvalue weighted by Crippen LogP contribution is -2.46. The summed E-state index contributed by atoms with van der Waals surface area (Å²) in [5, 5.41) is 8.49. The van der Waals surface area contributed by atoms with E-state index in [2.05, 4.69) is 0 Å². The summed E-state index contributed by atoms with van der Waals surface area (Å²) in [5.74, 6) is -0.929. The Morgan fingerprint density at radius 2 is 1.63 bits per heavy atom. The first-order chi connectivity index (χ1) is 8.82. The molecule has 5 nitrogen and oxygen atoms in total. The first-order valence-electron chi connectivity index (χ1n) is 6.87. The lowest BCUT2D eigenvalue weighted by molar-refractivity contribution is -0.152. The van der Waals surface area contributed by atoms with Gasteiger partial charge in [-0.3, -0.25) is 19.3 Å². The van der Waals surface area contributed by atoms with Crippen molar-refractivity contribution in [1.82, 2.24) is 4.90 Å². The van der Waals surface area contributed by atoms with E-state index in [1.54, 1.807) is 0 Å². The third kappa shape index (κ3) is 5.41. The summed E-state index contributed by atoms with van der Waals surface area (Å²) in [4.78, 5) is 35.4. The Balaban J connectivity index is 2.24. The van der Waals surface area contributed by atoms with Crippen molar-refractivity contribution >= 4 is 17.8 Å². The highest BCUT2D eigenvalue weighted by Gasteiger charge is 2.36. The minimum Gasteiger partial charge on any atom is -0.481 e. The summed E-state index contributed by atoms with van der Waals surface area (Å²) in [6.45, 7) is 4.35. The maximum atomic E-state index is 11.9. The summed E-state index contributed by atoms with van der Waals surface area (Å²) in [5.41, 5.74) is -0.216. The molecule has 0 atom stereocenters. The Morgan fingerprint density at radius 1 is 1.11 bits per heavy atom. The summed E-state index contributed by atoms with van der Waals surface area (Å²) in [7, 11) is 0. The minimum atomic E-state index is -0.774. The average Bonchev–Trinajstić information content (AvgIpc) is 2.24. The number of carbonyl (C=O) groups is 3. The number of amides is 2. The van der Waals surface area contributed by atoms with Crippen LogP contribution in [-0.2, 0) is 14.4 Å². The molecule has 1 heterocycles. The number of carboxylic acid groups (broad SMARTS) is 1. The molecule has 0 aromatic rings. The van der Waals surface area contributed by atoms with E-state index in [-0.39, 0.29) is 23.7 Å². The van der Waals surface area contributed by atoms with Crippen LogP contribution >= 0.6 is 0 Å². The van der Waals surface area contributed by atoms with Gasteiger partial charge in [0, 0.05) is 25.8 Å². The number of carboxylic acids is 1. The molecule has 1 aliphatic heterocycles. The van der Waals surface area contributed by atoms with Crippen molar-refractivity contribution in [3.63, 3.8) is 0 Å². The molecule has 0 unspecified atom stereocenters. The molecule has 108 valence electrons. The largest absolute Gasteiger partial charge is 0.481 e. The third-order valence-electron chi connectivity index (χ3n) is 3.38. The molecule has 0 saturated carbocycles. The lowest BCUT2D eigenvalue weighted by Gasteiger charge is -2.34. The van der Waals surface area contributed by atoms with Crippen molar-refractivity contribution in [2.75, 3.05) is 6.54 Å². The number of carbonyl (C=O) groups excluding carboxylic acids is 2. The molecule has 1 aliphatic rings. The van der Waals surface area contributed by atoms with Crippen molar-refractivity contribution in [2.24, 2.45) is 5.41 Å². The molecule has 1 saturated heterocycles. The van der Waals surface area contributed by atoms with Crippen LogP contribution in [0.3, 0.4) is 0 Å². The number of piperidine rings is 1. The second kappa shape index (κ2) is 6.68. The zero-order valence-electron chi connectivity index (χ0n) is 11.8. The molecule has 0 bridgehead atoms. The monoisotopic (exact) mass is 269 g/mol. The van der Waals surface area contributed by atoms with E-state index in [4.69, 9.17) is 5.11 Å². The van der Waals surface area contributed by atoms with Gasteiger partial charge in [0.05, 0.1) is 0 Å². The van der Waals surface area contributed by atoms with Crippen LogP contribution in [0.1, 0.15) is 58.8 Å². The number of rotatable bonds is 7. The Labute approximate surface area is 114 Å². The van der Waals surface area contributed by atoms with E-state index in [1.165, 1.54) is 4.90 Å². The number of aliphatic carboxylic acids is 1. The van der Waals surface area contributed by atoms with Crippen LogP contribution in [0.5, 0.6) is 0 Å². The molecule has 19 heavy (non-hydrogen) atoms. The maximum Gasteiger partial charge on any atom is 0.303 e. The first kappa shape index (κ1) is 15.7. The van der Waals surface area contributed by atoms with Gasteiger partial charge in [-0.05, 0) is 18.3 Å². The fourth-order valence-corrected chi connectivity index (χ4v) is 2.36. The highest BCUT2D eigenvalue weighted by atomic mass is 16.4. The average molecular weight is 269 g/mol. The van der Waals surface area contributed by atoms with Crippen LogP contribution in [0, 0.1) is 5.41 Å². The Kier molecular flexibility index (Phi) is 5.51. The molecule has 5 heteroatoms. The van der Waals surface area contributed by atoms with Gasteiger partial charge >= 0.3 is 5.97 Å². The number of hydrogen-bond donors (Lipinski definition) is 1. The van der Waals surface area contributed by atoms with Crippen molar-refractivity contribution in [1.29, 1.82) is 0 Å². The third-order valence-corrected chi connectivity index (χ3v) is 3.38. The van der Waals surface area contributed by atoms with Crippen molar-refractivity contribution in [3.05, 3.63) is 0 Å². The van der Waals surface area contributed by atoms with Crippen LogP contribution in [-0.4, -0.2) is 34.3 Å². The Bertz CT molecular complexity index is 342. The van der Waals surface area contributed by atoms with Gasteiger partial charge in [0.1, 0.15) is 0 Å².